The molecule has 1 aromatic carbocycles. The van der Waals surface area contributed by atoms with Gasteiger partial charge in [0.15, 0.2) is 0 Å². The van der Waals surface area contributed by atoms with Crippen molar-refractivity contribution in [3.63, 3.8) is 0 Å². The number of ether oxygens (including phenoxy) is 2. The van der Waals surface area contributed by atoms with Crippen LogP contribution < -0.4 is 15.3 Å². The van der Waals surface area contributed by atoms with Gasteiger partial charge in [-0.1, -0.05) is 13.8 Å². The summed E-state index contributed by atoms with van der Waals surface area (Å²) in [6.45, 7) is 11.0. The molecule has 2 heterocycles. The van der Waals surface area contributed by atoms with Gasteiger partial charge in [0.2, 0.25) is 0 Å². The van der Waals surface area contributed by atoms with Crippen molar-refractivity contribution in [1.82, 2.24) is 0 Å². The summed E-state index contributed by atoms with van der Waals surface area (Å²) < 4.78 is 20.2. The molecule has 3 aromatic rings. The second kappa shape index (κ2) is 20.3. The molecule has 46 heavy (non-hydrogen) atoms. The minimum absolute atomic E-state index is 0.644. The van der Waals surface area contributed by atoms with Crippen LogP contribution >= 0.6 is 22.7 Å². The van der Waals surface area contributed by atoms with Crippen LogP contribution in [-0.4, -0.2) is 50.0 Å². The van der Waals surface area contributed by atoms with Crippen LogP contribution in [0, 0.1) is 11.8 Å². The fourth-order valence-electron chi connectivity index (χ4n) is 6.46. The van der Waals surface area contributed by atoms with E-state index in [-0.39, 0.29) is 0 Å². The average Bonchev–Trinajstić information content (AvgIpc) is 3.65. The average molecular weight is 885 g/mol. The zero-order valence-corrected chi connectivity index (χ0v) is 39.0. The quantitative estimate of drug-likeness (QED) is 0.0659. The Morgan fingerprint density at radius 1 is 0.500 bits per heavy atom. The number of fused-ring (bicyclic) bond motifs is 2. The number of thiophene rings is 2. The van der Waals surface area contributed by atoms with E-state index in [1.54, 1.807) is 5.79 Å². The van der Waals surface area contributed by atoms with Gasteiger partial charge < -0.3 is 0 Å². The van der Waals surface area contributed by atoms with Gasteiger partial charge in [0.05, 0.1) is 0 Å². The minimum atomic E-state index is -2.33. The van der Waals surface area contributed by atoms with Crippen molar-refractivity contribution in [3.8, 4) is 11.5 Å². The van der Waals surface area contributed by atoms with Crippen molar-refractivity contribution >= 4 is 85.4 Å². The zero-order chi connectivity index (χ0) is 33.7. The summed E-state index contributed by atoms with van der Waals surface area (Å²) in [6, 6.07) is 5.11. The first-order valence-electron chi connectivity index (χ1n) is 19.2. The zero-order valence-electron chi connectivity index (χ0n) is 31.7. The van der Waals surface area contributed by atoms with Crippen molar-refractivity contribution in [2.24, 2.45) is 11.8 Å². The molecule has 3 rings (SSSR count). The van der Waals surface area contributed by atoms with Crippen LogP contribution in [0.15, 0.2) is 12.1 Å². The molecule has 0 aliphatic heterocycles. The van der Waals surface area contributed by atoms with Gasteiger partial charge in [-0.25, -0.2) is 0 Å². The third kappa shape index (κ3) is 12.3. The number of rotatable bonds is 24. The summed E-state index contributed by atoms with van der Waals surface area (Å²) in [4.78, 5) is 15.4. The van der Waals surface area contributed by atoms with Gasteiger partial charge in [-0.05, 0) is 0 Å². The Balaban J connectivity index is 2.08. The van der Waals surface area contributed by atoms with E-state index in [4.69, 9.17) is 9.47 Å². The van der Waals surface area contributed by atoms with Crippen molar-refractivity contribution < 1.29 is 9.47 Å². The first-order valence-corrected chi connectivity index (χ1v) is 40.8. The van der Waals surface area contributed by atoms with Gasteiger partial charge in [-0.3, -0.25) is 0 Å². The molecule has 262 valence electrons. The van der Waals surface area contributed by atoms with E-state index in [0.29, 0.717) is 11.8 Å². The van der Waals surface area contributed by atoms with Gasteiger partial charge in [0.1, 0.15) is 0 Å². The third-order valence-electron chi connectivity index (χ3n) is 9.63. The summed E-state index contributed by atoms with van der Waals surface area (Å²) >= 11 is -0.569. The molecule has 0 bridgehead atoms. The fourth-order valence-corrected chi connectivity index (χ4v) is 19.2. The summed E-state index contributed by atoms with van der Waals surface area (Å²) in [5.41, 5.74) is 0. The van der Waals surface area contributed by atoms with Crippen molar-refractivity contribution in [2.75, 3.05) is 13.2 Å². The number of hydrogen-bond donors (Lipinski definition) is 0. The third-order valence-corrected chi connectivity index (χ3v) is 30.8. The summed E-state index contributed by atoms with van der Waals surface area (Å²) in [5.74, 6) is 3.65. The van der Waals surface area contributed by atoms with E-state index >= 15 is 0 Å². The fraction of sp³-hybridized carbons (Fsp3) is 0.750. The van der Waals surface area contributed by atoms with E-state index in [2.05, 4.69) is 69.5 Å². The van der Waals surface area contributed by atoms with Crippen LogP contribution in [0.4, 0.5) is 0 Å². The Morgan fingerprint density at radius 3 is 1.17 bits per heavy atom. The molecule has 0 spiro atoms. The summed E-state index contributed by atoms with van der Waals surface area (Å²) in [7, 11) is 0. The Labute approximate surface area is 300 Å². The van der Waals surface area contributed by atoms with Crippen LogP contribution in [-0.2, 0) is 0 Å². The second-order valence-corrected chi connectivity index (χ2v) is 49.1. The molecule has 0 fully saturated rings. The van der Waals surface area contributed by atoms with Crippen molar-refractivity contribution in [1.29, 1.82) is 0 Å². The monoisotopic (exact) mass is 886 g/mol. The maximum atomic E-state index is 7.12. The molecular formula is C40H70O2S2Sn2. The summed E-state index contributed by atoms with van der Waals surface area (Å²) in [6.07, 6.45) is 21.0. The van der Waals surface area contributed by atoms with Gasteiger partial charge in [0, 0.05) is 0 Å². The van der Waals surface area contributed by atoms with E-state index < -0.39 is 36.8 Å². The molecule has 0 aliphatic rings. The van der Waals surface area contributed by atoms with Crippen LogP contribution in [0.3, 0.4) is 0 Å². The van der Waals surface area contributed by atoms with E-state index in [0.717, 1.165) is 13.2 Å². The van der Waals surface area contributed by atoms with Gasteiger partial charge in [0.25, 0.3) is 0 Å². The van der Waals surface area contributed by atoms with E-state index in [1.165, 1.54) is 134 Å². The standard InChI is InChI=1S/C34H52O2S2.6CH3.2Sn/c1-5-9-13-15-19-27(17-11-7-3)25-35-31-29-21-23-38-34(29)32(30-22-24-37-33(30)31)36-26-28(18-12-8-4)20-16-14-10-6-2;;;;;;;;/h21-22,27-28H,5-20,25-26H2,1-4H3;6*1H3;;/t27-,28-;;;;;;;;/m1......../s1. The molecule has 0 saturated carbocycles. The Kier molecular flexibility index (Phi) is 17.9. The topological polar surface area (TPSA) is 18.5 Å². The first kappa shape index (κ1) is 40.8. The molecule has 2 atom stereocenters. The SMILES string of the molecule is CCCCCC[C@@H](CCCC)COc1c2c[c]([Sn]([CH3])([CH3])[CH3])sc2c(OC[C@H](CCCC)CCCCCC)c2c[c]([Sn]([CH3])([CH3])[CH3])sc12. The Bertz CT molecular complexity index is 1140. The van der Waals surface area contributed by atoms with Crippen LogP contribution in [0.5, 0.6) is 11.5 Å². The van der Waals surface area contributed by atoms with Crippen molar-refractivity contribution in [3.05, 3.63) is 12.1 Å². The molecular weight excluding hydrogens is 814 g/mol. The molecule has 6 heteroatoms. The van der Waals surface area contributed by atoms with Gasteiger partial charge in [-0.2, -0.15) is 0 Å². The van der Waals surface area contributed by atoms with Gasteiger partial charge in [-0.15, -0.1) is 0 Å². The van der Waals surface area contributed by atoms with Crippen LogP contribution in [0.25, 0.3) is 20.2 Å². The number of hydrogen-bond acceptors (Lipinski definition) is 4. The molecule has 0 saturated heterocycles. The number of unbranched alkanes of at least 4 members (excludes halogenated alkanes) is 8. The second-order valence-electron chi connectivity index (χ2n) is 16.2. The van der Waals surface area contributed by atoms with Crippen LogP contribution in [0.2, 0.25) is 29.6 Å². The molecule has 2 aromatic heterocycles. The van der Waals surface area contributed by atoms with Crippen LogP contribution in [0.1, 0.15) is 130 Å². The molecule has 0 unspecified atom stereocenters. The first-order chi connectivity index (χ1) is 21.9. The molecule has 0 amide bonds. The predicted molar refractivity (Wildman–Crippen MR) is 218 cm³/mol. The normalized spacial score (nSPS) is 14.0. The van der Waals surface area contributed by atoms with Crippen molar-refractivity contribution in [2.45, 2.75) is 160 Å². The van der Waals surface area contributed by atoms with Gasteiger partial charge >= 0.3 is 290 Å². The molecule has 0 radical (unpaired) electrons. The van der Waals surface area contributed by atoms with E-state index in [1.807, 2.05) is 22.7 Å². The Morgan fingerprint density at radius 2 is 0.848 bits per heavy atom. The predicted octanol–water partition coefficient (Wildman–Crippen LogP) is 13.5. The molecule has 0 N–H and O–H groups in total. The molecule has 0 aliphatic carbocycles. The van der Waals surface area contributed by atoms with E-state index in [9.17, 15) is 0 Å². The Hall–Kier alpha value is 0.337. The molecule has 2 nitrogen and oxygen atoms in total. The number of benzene rings is 1. The maximum absolute atomic E-state index is 7.12. The summed E-state index contributed by atoms with van der Waals surface area (Å²) in [5, 5.41) is 2.69.